The van der Waals surface area contributed by atoms with Gasteiger partial charge in [-0.3, -0.25) is 4.79 Å². The number of nitrogens with one attached hydrogen (secondary N) is 1. The van der Waals surface area contributed by atoms with E-state index >= 15 is 0 Å². The van der Waals surface area contributed by atoms with Gasteiger partial charge in [0.15, 0.2) is 5.17 Å². The molecule has 0 unspecified atom stereocenters. The van der Waals surface area contributed by atoms with Crippen molar-refractivity contribution in [3.63, 3.8) is 0 Å². The molecule has 0 aromatic heterocycles. The molecule has 1 aliphatic rings. The van der Waals surface area contributed by atoms with E-state index in [-0.39, 0.29) is 5.91 Å². The predicted octanol–water partition coefficient (Wildman–Crippen LogP) is 5.13. The number of thioether (sulfide) groups is 1. The van der Waals surface area contributed by atoms with Gasteiger partial charge in [0.1, 0.15) is 0 Å². The normalized spacial score (nSPS) is 13.1. The molecule has 3 rings (SSSR count). The summed E-state index contributed by atoms with van der Waals surface area (Å²) in [6, 6.07) is 12.3. The van der Waals surface area contributed by atoms with Crippen LogP contribution in [0.4, 0.5) is 11.4 Å². The van der Waals surface area contributed by atoms with Gasteiger partial charge in [-0.25, -0.2) is 4.99 Å². The smallest absolute Gasteiger partial charge is 0.233 e. The summed E-state index contributed by atoms with van der Waals surface area (Å²) in [6.45, 7) is 10.2. The quantitative estimate of drug-likeness (QED) is 0.768. The minimum atomic E-state index is 0.180. The van der Waals surface area contributed by atoms with Gasteiger partial charge in [-0.1, -0.05) is 63.7 Å². The van der Waals surface area contributed by atoms with Gasteiger partial charge >= 0.3 is 0 Å². The molecule has 0 radical (unpaired) electrons. The third-order valence-corrected chi connectivity index (χ3v) is 5.06. The molecule has 5 heteroatoms. The van der Waals surface area contributed by atoms with Gasteiger partial charge in [0, 0.05) is 18.5 Å². The highest BCUT2D eigenvalue weighted by Crippen LogP contribution is 2.36. The van der Waals surface area contributed by atoms with E-state index in [0.717, 1.165) is 35.0 Å². The van der Waals surface area contributed by atoms with Crippen LogP contribution in [-0.4, -0.2) is 34.8 Å². The van der Waals surface area contributed by atoms with Crippen LogP contribution >= 0.6 is 11.8 Å². The lowest BCUT2D eigenvalue weighted by Gasteiger charge is -2.26. The molecule has 1 aliphatic heterocycles. The van der Waals surface area contributed by atoms with Gasteiger partial charge in [-0.05, 0) is 29.4 Å². The molecule has 1 amide bonds. The van der Waals surface area contributed by atoms with Crippen LogP contribution in [0.1, 0.15) is 27.7 Å². The van der Waals surface area contributed by atoms with Gasteiger partial charge < -0.3 is 10.2 Å². The lowest BCUT2D eigenvalue weighted by Crippen LogP contribution is -2.38. The lowest BCUT2D eigenvalue weighted by atomic mass is 10.1. The van der Waals surface area contributed by atoms with Crippen molar-refractivity contribution < 1.29 is 4.79 Å². The second kappa shape index (κ2) is 8.12. The number of rotatable bonds is 6. The fourth-order valence-corrected chi connectivity index (χ4v) is 4.01. The molecule has 2 aromatic rings. The Hall–Kier alpha value is -2.01. The summed E-state index contributed by atoms with van der Waals surface area (Å²) < 4.78 is 0. The van der Waals surface area contributed by atoms with Crippen LogP contribution in [-0.2, 0) is 4.79 Å². The number of anilines is 1. The fraction of sp³-hybridized carbons (Fsp3) is 0.429. The third-order valence-electron chi connectivity index (χ3n) is 4.20. The second-order valence-corrected chi connectivity index (χ2v) is 8.56. The SMILES string of the molecule is CC(C)CN(CC(C)C)C(=O)CSC1=Nc2cccc3cccc(c23)N1. The van der Waals surface area contributed by atoms with Crippen molar-refractivity contribution in [2.45, 2.75) is 27.7 Å². The minimum absolute atomic E-state index is 0.180. The van der Waals surface area contributed by atoms with E-state index in [1.54, 1.807) is 0 Å². The zero-order valence-corrected chi connectivity index (χ0v) is 16.8. The lowest BCUT2D eigenvalue weighted by molar-refractivity contribution is -0.129. The van der Waals surface area contributed by atoms with Crippen LogP contribution < -0.4 is 5.32 Å². The molecular formula is C21H27N3OS. The molecule has 0 aliphatic carbocycles. The molecule has 0 atom stereocenters. The maximum atomic E-state index is 12.7. The van der Waals surface area contributed by atoms with Crippen molar-refractivity contribution >= 4 is 45.0 Å². The summed E-state index contributed by atoms with van der Waals surface area (Å²) in [5.41, 5.74) is 2.03. The molecule has 0 fully saturated rings. The van der Waals surface area contributed by atoms with Crippen LogP contribution in [0.3, 0.4) is 0 Å². The van der Waals surface area contributed by atoms with Crippen molar-refractivity contribution in [3.8, 4) is 0 Å². The molecule has 0 bridgehead atoms. The first-order chi connectivity index (χ1) is 12.4. The maximum absolute atomic E-state index is 12.7. The second-order valence-electron chi connectivity index (χ2n) is 7.60. The number of aliphatic imine (C=N–C) groups is 1. The topological polar surface area (TPSA) is 44.7 Å². The number of amidine groups is 1. The van der Waals surface area contributed by atoms with Crippen molar-refractivity contribution in [1.29, 1.82) is 0 Å². The first-order valence-corrected chi connectivity index (χ1v) is 10.2. The Morgan fingerprint density at radius 2 is 1.73 bits per heavy atom. The average Bonchev–Trinajstić information content (AvgIpc) is 2.59. The van der Waals surface area contributed by atoms with Gasteiger partial charge in [-0.15, -0.1) is 0 Å². The van der Waals surface area contributed by atoms with Crippen LogP contribution in [0.15, 0.2) is 41.4 Å². The Bertz CT molecular complexity index is 814. The van der Waals surface area contributed by atoms with E-state index in [1.807, 2.05) is 23.1 Å². The van der Waals surface area contributed by atoms with Crippen LogP contribution in [0.5, 0.6) is 0 Å². The van der Waals surface area contributed by atoms with Crippen molar-refractivity contribution in [2.24, 2.45) is 16.8 Å². The summed E-state index contributed by atoms with van der Waals surface area (Å²) in [6.07, 6.45) is 0. The summed E-state index contributed by atoms with van der Waals surface area (Å²) in [5, 5.41) is 6.49. The molecule has 1 heterocycles. The fourth-order valence-electron chi connectivity index (χ4n) is 3.22. The summed E-state index contributed by atoms with van der Waals surface area (Å²) in [7, 11) is 0. The van der Waals surface area contributed by atoms with E-state index in [9.17, 15) is 4.79 Å². The molecule has 26 heavy (non-hydrogen) atoms. The predicted molar refractivity (Wildman–Crippen MR) is 113 cm³/mol. The number of carbonyl (C=O) groups excluding carboxylic acids is 1. The van der Waals surface area contributed by atoms with Gasteiger partial charge in [-0.2, -0.15) is 0 Å². The number of benzene rings is 2. The Labute approximate surface area is 160 Å². The summed E-state index contributed by atoms with van der Waals surface area (Å²) in [5.74, 6) is 1.53. The Balaban J connectivity index is 1.70. The molecular weight excluding hydrogens is 342 g/mol. The molecule has 0 saturated carbocycles. The highest BCUT2D eigenvalue weighted by Gasteiger charge is 2.19. The Morgan fingerprint density at radius 1 is 1.08 bits per heavy atom. The first kappa shape index (κ1) is 18.8. The highest BCUT2D eigenvalue weighted by atomic mass is 32.2. The van der Waals surface area contributed by atoms with Gasteiger partial charge in [0.2, 0.25) is 5.91 Å². The Morgan fingerprint density at radius 3 is 2.38 bits per heavy atom. The van der Waals surface area contributed by atoms with Gasteiger partial charge in [0.05, 0.1) is 17.1 Å². The first-order valence-electron chi connectivity index (χ1n) is 9.22. The average molecular weight is 370 g/mol. The minimum Gasteiger partial charge on any atom is -0.341 e. The van der Waals surface area contributed by atoms with Crippen LogP contribution in [0, 0.1) is 11.8 Å². The zero-order valence-electron chi connectivity index (χ0n) is 16.0. The summed E-state index contributed by atoms with van der Waals surface area (Å²) >= 11 is 1.48. The van der Waals surface area contributed by atoms with Crippen molar-refractivity contribution in [3.05, 3.63) is 36.4 Å². The van der Waals surface area contributed by atoms with E-state index < -0.39 is 0 Å². The van der Waals surface area contributed by atoms with E-state index in [4.69, 9.17) is 4.99 Å². The number of hydrogen-bond donors (Lipinski definition) is 1. The third kappa shape index (κ3) is 4.39. The van der Waals surface area contributed by atoms with Crippen LogP contribution in [0.2, 0.25) is 0 Å². The number of amides is 1. The molecule has 0 spiro atoms. The standard InChI is InChI=1S/C21H27N3OS/c1-14(2)11-24(12-15(3)4)19(25)13-26-21-22-17-9-5-7-16-8-6-10-18(23-21)20(16)17/h5-10,14-15H,11-13H2,1-4H3,(H,22,23). The monoisotopic (exact) mass is 369 g/mol. The zero-order chi connectivity index (χ0) is 18.7. The van der Waals surface area contributed by atoms with E-state index in [0.29, 0.717) is 17.6 Å². The molecule has 138 valence electrons. The Kier molecular flexibility index (Phi) is 5.87. The highest BCUT2D eigenvalue weighted by molar-refractivity contribution is 8.14. The van der Waals surface area contributed by atoms with E-state index in [1.165, 1.54) is 17.1 Å². The van der Waals surface area contributed by atoms with Crippen LogP contribution in [0.25, 0.3) is 10.8 Å². The van der Waals surface area contributed by atoms with Crippen molar-refractivity contribution in [2.75, 3.05) is 24.2 Å². The van der Waals surface area contributed by atoms with E-state index in [2.05, 4.69) is 51.2 Å². The summed E-state index contributed by atoms with van der Waals surface area (Å²) in [4.78, 5) is 19.4. The molecule has 0 saturated heterocycles. The molecule has 2 aromatic carbocycles. The molecule has 4 nitrogen and oxygen atoms in total. The number of carbonyl (C=O) groups is 1. The van der Waals surface area contributed by atoms with Gasteiger partial charge in [0.25, 0.3) is 0 Å². The molecule has 1 N–H and O–H groups in total. The number of nitrogens with zero attached hydrogens (tertiary/aromatic N) is 2. The maximum Gasteiger partial charge on any atom is 0.233 e. The number of hydrogen-bond acceptors (Lipinski definition) is 4. The van der Waals surface area contributed by atoms with Crippen molar-refractivity contribution in [1.82, 2.24) is 4.90 Å². The largest absolute Gasteiger partial charge is 0.341 e.